The van der Waals surface area contributed by atoms with Gasteiger partial charge in [-0.1, -0.05) is 49.9 Å². The van der Waals surface area contributed by atoms with Gasteiger partial charge in [0.1, 0.15) is 4.90 Å². The molecule has 1 amide bonds. The summed E-state index contributed by atoms with van der Waals surface area (Å²) >= 11 is 6.05. The van der Waals surface area contributed by atoms with Gasteiger partial charge in [0, 0.05) is 32.2 Å². The van der Waals surface area contributed by atoms with Crippen molar-refractivity contribution in [2.24, 2.45) is 0 Å². The van der Waals surface area contributed by atoms with Crippen LogP contribution in [0.25, 0.3) is 0 Å². The molecule has 1 aromatic carbocycles. The molecule has 0 spiro atoms. The number of sulfonamides is 1. The van der Waals surface area contributed by atoms with Crippen molar-refractivity contribution >= 4 is 27.5 Å². The monoisotopic (exact) mass is 415 g/mol. The smallest absolute Gasteiger partial charge is 0.244 e. The lowest BCUT2D eigenvalue weighted by Crippen LogP contribution is -2.51. The first kappa shape index (κ1) is 22.1. The van der Waals surface area contributed by atoms with E-state index in [1.807, 2.05) is 11.8 Å². The average molecular weight is 416 g/mol. The van der Waals surface area contributed by atoms with E-state index in [4.69, 9.17) is 11.6 Å². The summed E-state index contributed by atoms with van der Waals surface area (Å²) < 4.78 is 26.9. The van der Waals surface area contributed by atoms with E-state index in [2.05, 4.69) is 12.2 Å². The molecule has 0 aromatic heterocycles. The van der Waals surface area contributed by atoms with E-state index in [-0.39, 0.29) is 21.9 Å². The Balaban J connectivity index is 1.81. The van der Waals surface area contributed by atoms with E-state index in [1.54, 1.807) is 18.2 Å². The second kappa shape index (κ2) is 10.4. The van der Waals surface area contributed by atoms with Gasteiger partial charge in [-0.2, -0.15) is 4.31 Å². The molecule has 0 bridgehead atoms. The molecule has 1 atom stereocenters. The average Bonchev–Trinajstić information content (AvgIpc) is 2.62. The van der Waals surface area contributed by atoms with Gasteiger partial charge in [-0.25, -0.2) is 8.42 Å². The van der Waals surface area contributed by atoms with E-state index in [0.29, 0.717) is 32.7 Å². The lowest BCUT2D eigenvalue weighted by Gasteiger charge is -2.33. The highest BCUT2D eigenvalue weighted by Crippen LogP contribution is 2.24. The maximum atomic E-state index is 12.8. The molecule has 0 aliphatic carbocycles. The molecule has 1 N–H and O–H groups in total. The van der Waals surface area contributed by atoms with E-state index in [9.17, 15) is 13.2 Å². The van der Waals surface area contributed by atoms with Gasteiger partial charge in [0.2, 0.25) is 15.9 Å². The van der Waals surface area contributed by atoms with Crippen molar-refractivity contribution in [2.45, 2.75) is 50.5 Å². The van der Waals surface area contributed by atoms with Crippen LogP contribution in [0.4, 0.5) is 0 Å². The first-order valence-electron chi connectivity index (χ1n) is 9.61. The van der Waals surface area contributed by atoms with Crippen molar-refractivity contribution in [2.75, 3.05) is 32.7 Å². The Morgan fingerprint density at radius 1 is 1.19 bits per heavy atom. The molecule has 8 heteroatoms. The summed E-state index contributed by atoms with van der Waals surface area (Å²) in [4.78, 5) is 14.3. The Morgan fingerprint density at radius 2 is 1.85 bits per heavy atom. The maximum absolute atomic E-state index is 12.8. The molecule has 6 nitrogen and oxygen atoms in total. The van der Waals surface area contributed by atoms with Gasteiger partial charge < -0.3 is 5.32 Å². The van der Waals surface area contributed by atoms with Crippen molar-refractivity contribution in [1.82, 2.24) is 14.5 Å². The first-order chi connectivity index (χ1) is 12.8. The lowest BCUT2D eigenvalue weighted by molar-refractivity contribution is -0.123. The first-order valence-corrected chi connectivity index (χ1v) is 11.4. The number of hydrogen-bond acceptors (Lipinski definition) is 4. The van der Waals surface area contributed by atoms with Crippen LogP contribution in [0.1, 0.15) is 39.5 Å². The molecule has 0 radical (unpaired) electrons. The third-order valence-corrected chi connectivity index (χ3v) is 7.20. The minimum absolute atomic E-state index is 0.00131. The Kier molecular flexibility index (Phi) is 8.54. The number of unbranched alkanes of at least 4 members (excludes halogenated alkanes) is 2. The summed E-state index contributed by atoms with van der Waals surface area (Å²) in [6, 6.07) is 6.65. The van der Waals surface area contributed by atoms with Crippen LogP contribution in [0.3, 0.4) is 0 Å². The number of amides is 1. The number of rotatable bonds is 9. The molecule has 0 saturated carbocycles. The number of piperazine rings is 1. The number of halogens is 1. The maximum Gasteiger partial charge on any atom is 0.244 e. The minimum Gasteiger partial charge on any atom is -0.353 e. The van der Waals surface area contributed by atoms with E-state index >= 15 is 0 Å². The fourth-order valence-electron chi connectivity index (χ4n) is 3.22. The fraction of sp³-hybridized carbons (Fsp3) is 0.632. The predicted octanol–water partition coefficient (Wildman–Crippen LogP) is 2.73. The van der Waals surface area contributed by atoms with Gasteiger partial charge in [0.25, 0.3) is 0 Å². The summed E-state index contributed by atoms with van der Waals surface area (Å²) in [6.45, 7) is 6.26. The quantitative estimate of drug-likeness (QED) is 0.629. The van der Waals surface area contributed by atoms with Crippen molar-refractivity contribution < 1.29 is 13.2 Å². The molecule has 0 unspecified atom stereocenters. The standard InChI is InChI=1S/C19H30ClN3O3S/c1-3-4-5-8-16(2)21-19(24)15-22-11-13-23(14-12-22)27(25,26)18-10-7-6-9-17(18)20/h6-7,9-10,16H,3-5,8,11-15H2,1-2H3,(H,21,24)/t16-/m1/s1. The van der Waals surface area contributed by atoms with Crippen LogP contribution in [-0.2, 0) is 14.8 Å². The second-order valence-corrected chi connectivity index (χ2v) is 9.39. The molecule has 1 aliphatic heterocycles. The highest BCUT2D eigenvalue weighted by Gasteiger charge is 2.30. The van der Waals surface area contributed by atoms with E-state index < -0.39 is 10.0 Å². The van der Waals surface area contributed by atoms with Crippen molar-refractivity contribution in [3.8, 4) is 0 Å². The van der Waals surface area contributed by atoms with Crippen LogP contribution < -0.4 is 5.32 Å². The predicted molar refractivity (Wildman–Crippen MR) is 108 cm³/mol. The van der Waals surface area contributed by atoms with Crippen molar-refractivity contribution in [1.29, 1.82) is 0 Å². The van der Waals surface area contributed by atoms with E-state index in [0.717, 1.165) is 12.8 Å². The molecular weight excluding hydrogens is 386 g/mol. The summed E-state index contributed by atoms with van der Waals surface area (Å²) in [6.07, 6.45) is 4.46. The normalized spacial score (nSPS) is 17.6. The molecule has 1 fully saturated rings. The van der Waals surface area contributed by atoms with Crippen LogP contribution in [0.2, 0.25) is 5.02 Å². The summed E-state index contributed by atoms with van der Waals surface area (Å²) in [5.74, 6) is 0.00131. The molecule has 1 aromatic rings. The van der Waals surface area contributed by atoms with Crippen molar-refractivity contribution in [3.05, 3.63) is 29.3 Å². The third kappa shape index (κ3) is 6.45. The zero-order chi connectivity index (χ0) is 19.9. The van der Waals surface area contributed by atoms with Crippen LogP contribution in [-0.4, -0.2) is 62.3 Å². The highest BCUT2D eigenvalue weighted by atomic mass is 35.5. The third-order valence-electron chi connectivity index (χ3n) is 4.80. The zero-order valence-corrected chi connectivity index (χ0v) is 17.7. The van der Waals surface area contributed by atoms with Crippen LogP contribution in [0.5, 0.6) is 0 Å². The van der Waals surface area contributed by atoms with Gasteiger partial charge in [-0.3, -0.25) is 9.69 Å². The van der Waals surface area contributed by atoms with Crippen LogP contribution in [0, 0.1) is 0 Å². The second-order valence-electron chi connectivity index (χ2n) is 7.07. The SMILES string of the molecule is CCCCC[C@@H](C)NC(=O)CN1CCN(S(=O)(=O)c2ccccc2Cl)CC1. The molecular formula is C19H30ClN3O3S. The zero-order valence-electron chi connectivity index (χ0n) is 16.2. The number of hydrogen-bond donors (Lipinski definition) is 1. The van der Waals surface area contributed by atoms with Crippen LogP contribution >= 0.6 is 11.6 Å². The molecule has 27 heavy (non-hydrogen) atoms. The largest absolute Gasteiger partial charge is 0.353 e. The summed E-state index contributed by atoms with van der Waals surface area (Å²) in [5, 5.41) is 3.26. The number of nitrogens with one attached hydrogen (secondary N) is 1. The van der Waals surface area contributed by atoms with Crippen molar-refractivity contribution in [3.63, 3.8) is 0 Å². The Hall–Kier alpha value is -1.15. The summed E-state index contributed by atoms with van der Waals surface area (Å²) in [7, 11) is -3.60. The van der Waals surface area contributed by atoms with Gasteiger partial charge in [-0.15, -0.1) is 0 Å². The van der Waals surface area contributed by atoms with Gasteiger partial charge >= 0.3 is 0 Å². The lowest BCUT2D eigenvalue weighted by atomic mass is 10.1. The number of carbonyl (C=O) groups is 1. The molecule has 1 saturated heterocycles. The van der Waals surface area contributed by atoms with Gasteiger partial charge in [0.15, 0.2) is 0 Å². The molecule has 1 aliphatic rings. The summed E-state index contributed by atoms with van der Waals surface area (Å²) in [5.41, 5.74) is 0. The minimum atomic E-state index is -3.60. The number of benzene rings is 1. The Bertz CT molecular complexity index is 719. The highest BCUT2D eigenvalue weighted by molar-refractivity contribution is 7.89. The Morgan fingerprint density at radius 3 is 2.48 bits per heavy atom. The molecule has 152 valence electrons. The van der Waals surface area contributed by atoms with E-state index in [1.165, 1.54) is 23.2 Å². The van der Waals surface area contributed by atoms with Crippen LogP contribution in [0.15, 0.2) is 29.2 Å². The topological polar surface area (TPSA) is 69.7 Å². The molecule has 2 rings (SSSR count). The van der Waals surface area contributed by atoms with Gasteiger partial charge in [-0.05, 0) is 25.5 Å². The number of nitrogens with zero attached hydrogens (tertiary/aromatic N) is 2. The number of carbonyl (C=O) groups excluding carboxylic acids is 1. The Labute approximate surface area is 167 Å². The van der Waals surface area contributed by atoms with Gasteiger partial charge in [0.05, 0.1) is 11.6 Å². The molecule has 1 heterocycles. The fourth-order valence-corrected chi connectivity index (χ4v) is 5.13.